The van der Waals surface area contributed by atoms with Gasteiger partial charge in [-0.1, -0.05) is 0 Å². The van der Waals surface area contributed by atoms with Crippen LogP contribution in [0.25, 0.3) is 5.69 Å². The maximum absolute atomic E-state index is 13.8. The second-order valence-corrected chi connectivity index (χ2v) is 5.93. The van der Waals surface area contributed by atoms with Gasteiger partial charge >= 0.3 is 0 Å². The molecule has 1 aromatic carbocycles. The largest absolute Gasteiger partial charge is 0.396 e. The van der Waals surface area contributed by atoms with Crippen LogP contribution in [-0.4, -0.2) is 44.9 Å². The molecular weight excluding hydrogens is 316 g/mol. The number of carbonyl (C=O) groups is 1. The molecule has 0 radical (unpaired) electrons. The topological polar surface area (TPSA) is 58.4 Å². The van der Waals surface area contributed by atoms with Gasteiger partial charge in [0.1, 0.15) is 11.5 Å². The molecule has 7 heteroatoms. The Morgan fingerprint density at radius 1 is 1.33 bits per heavy atom. The van der Waals surface area contributed by atoms with Crippen molar-refractivity contribution in [1.82, 2.24) is 14.7 Å². The predicted octanol–water partition coefficient (Wildman–Crippen LogP) is 2.53. The molecule has 3 rings (SSSR count). The fourth-order valence-corrected chi connectivity index (χ4v) is 3.11. The lowest BCUT2D eigenvalue weighted by atomic mass is 9.99. The smallest absolute Gasteiger partial charge is 0.257 e. The van der Waals surface area contributed by atoms with E-state index in [2.05, 4.69) is 5.10 Å². The van der Waals surface area contributed by atoms with Crippen molar-refractivity contribution in [2.75, 3.05) is 13.2 Å². The first kappa shape index (κ1) is 16.6. The van der Waals surface area contributed by atoms with E-state index in [1.165, 1.54) is 23.1 Å². The van der Waals surface area contributed by atoms with Crippen LogP contribution in [0, 0.1) is 11.6 Å². The lowest BCUT2D eigenvalue weighted by molar-refractivity contribution is 0.0574. The summed E-state index contributed by atoms with van der Waals surface area (Å²) < 4.78 is 28.1. The number of aliphatic hydroxyl groups excluding tert-OH is 1. The number of rotatable bonds is 4. The fraction of sp³-hybridized carbons (Fsp3) is 0.412. The molecule has 1 unspecified atom stereocenters. The van der Waals surface area contributed by atoms with Crippen molar-refractivity contribution in [2.45, 2.75) is 31.7 Å². The van der Waals surface area contributed by atoms with Gasteiger partial charge in [0, 0.05) is 31.5 Å². The Kier molecular flexibility index (Phi) is 4.89. The number of likely N-dealkylation sites (tertiary alicyclic amines) is 1. The Morgan fingerprint density at radius 3 is 2.92 bits per heavy atom. The van der Waals surface area contributed by atoms with Crippen molar-refractivity contribution in [3.8, 4) is 5.69 Å². The van der Waals surface area contributed by atoms with Crippen LogP contribution in [0.5, 0.6) is 0 Å². The highest BCUT2D eigenvalue weighted by Gasteiger charge is 2.28. The minimum atomic E-state index is -0.742. The van der Waals surface area contributed by atoms with Crippen molar-refractivity contribution >= 4 is 5.91 Å². The highest BCUT2D eigenvalue weighted by Crippen LogP contribution is 2.22. The zero-order chi connectivity index (χ0) is 17.1. The predicted molar refractivity (Wildman–Crippen MR) is 83.9 cm³/mol. The Hall–Kier alpha value is -2.28. The van der Waals surface area contributed by atoms with Crippen molar-refractivity contribution in [2.24, 2.45) is 0 Å². The molecule has 1 amide bonds. The van der Waals surface area contributed by atoms with Crippen LogP contribution in [0.3, 0.4) is 0 Å². The van der Waals surface area contributed by atoms with Crippen molar-refractivity contribution in [1.29, 1.82) is 0 Å². The summed E-state index contributed by atoms with van der Waals surface area (Å²) in [7, 11) is 0. The highest BCUT2D eigenvalue weighted by molar-refractivity contribution is 5.94. The number of hydrogen-bond acceptors (Lipinski definition) is 3. The first-order valence-corrected chi connectivity index (χ1v) is 8.02. The number of aliphatic hydroxyl groups is 1. The third-order valence-electron chi connectivity index (χ3n) is 4.34. The van der Waals surface area contributed by atoms with Crippen LogP contribution in [0.4, 0.5) is 8.78 Å². The van der Waals surface area contributed by atoms with Gasteiger partial charge in [-0.3, -0.25) is 4.79 Å². The third kappa shape index (κ3) is 3.31. The number of benzene rings is 1. The molecule has 0 spiro atoms. The van der Waals surface area contributed by atoms with Crippen molar-refractivity contribution in [3.63, 3.8) is 0 Å². The van der Waals surface area contributed by atoms with E-state index in [1.807, 2.05) is 0 Å². The van der Waals surface area contributed by atoms with E-state index in [0.29, 0.717) is 18.5 Å². The maximum atomic E-state index is 13.8. The number of halogens is 2. The summed E-state index contributed by atoms with van der Waals surface area (Å²) in [6.45, 7) is 0.675. The third-order valence-corrected chi connectivity index (χ3v) is 4.34. The van der Waals surface area contributed by atoms with E-state index < -0.39 is 11.6 Å². The number of aromatic nitrogens is 2. The van der Waals surface area contributed by atoms with Gasteiger partial charge in [0.15, 0.2) is 5.82 Å². The molecule has 5 nitrogen and oxygen atoms in total. The first-order valence-electron chi connectivity index (χ1n) is 8.02. The molecule has 1 aliphatic rings. The van der Waals surface area contributed by atoms with Gasteiger partial charge in [0.2, 0.25) is 0 Å². The van der Waals surface area contributed by atoms with Crippen LogP contribution in [0.1, 0.15) is 36.0 Å². The number of amides is 1. The van der Waals surface area contributed by atoms with Crippen LogP contribution >= 0.6 is 0 Å². The zero-order valence-electron chi connectivity index (χ0n) is 13.2. The molecule has 1 aromatic heterocycles. The Balaban J connectivity index is 1.82. The molecule has 1 atom stereocenters. The lowest BCUT2D eigenvalue weighted by Crippen LogP contribution is -2.44. The quantitative estimate of drug-likeness (QED) is 0.934. The van der Waals surface area contributed by atoms with Gasteiger partial charge in [-0.05, 0) is 37.8 Å². The molecule has 2 heterocycles. The SMILES string of the molecule is O=C(c1cnn(-c2ccc(F)cc2F)c1)N1CCCCC1CCO. The maximum Gasteiger partial charge on any atom is 0.257 e. The normalized spacial score (nSPS) is 18.0. The summed E-state index contributed by atoms with van der Waals surface area (Å²) >= 11 is 0. The summed E-state index contributed by atoms with van der Waals surface area (Å²) in [6, 6.07) is 3.22. The van der Waals surface area contributed by atoms with Crippen LogP contribution in [0.15, 0.2) is 30.6 Å². The minimum absolute atomic E-state index is 0.0159. The Morgan fingerprint density at radius 2 is 2.17 bits per heavy atom. The number of carbonyl (C=O) groups excluding carboxylic acids is 1. The van der Waals surface area contributed by atoms with Gasteiger partial charge in [0.25, 0.3) is 5.91 Å². The molecule has 1 N–H and O–H groups in total. The average Bonchev–Trinajstić information content (AvgIpc) is 3.05. The zero-order valence-corrected chi connectivity index (χ0v) is 13.2. The first-order chi connectivity index (χ1) is 11.6. The van der Waals surface area contributed by atoms with Crippen LogP contribution < -0.4 is 0 Å². The van der Waals surface area contributed by atoms with E-state index in [-0.39, 0.29) is 24.2 Å². The van der Waals surface area contributed by atoms with Gasteiger partial charge in [0.05, 0.1) is 11.8 Å². The summed E-state index contributed by atoms with van der Waals surface area (Å²) in [4.78, 5) is 14.5. The monoisotopic (exact) mass is 335 g/mol. The fourth-order valence-electron chi connectivity index (χ4n) is 3.11. The van der Waals surface area contributed by atoms with E-state index in [9.17, 15) is 13.6 Å². The molecular formula is C17H19F2N3O2. The molecule has 24 heavy (non-hydrogen) atoms. The Bertz CT molecular complexity index is 730. The minimum Gasteiger partial charge on any atom is -0.396 e. The van der Waals surface area contributed by atoms with Crippen LogP contribution in [-0.2, 0) is 0 Å². The summed E-state index contributed by atoms with van der Waals surface area (Å²) in [5.74, 6) is -1.59. The molecule has 2 aromatic rings. The molecule has 128 valence electrons. The van der Waals surface area contributed by atoms with Crippen molar-refractivity contribution < 1.29 is 18.7 Å². The van der Waals surface area contributed by atoms with Gasteiger partial charge in [-0.2, -0.15) is 5.10 Å². The van der Waals surface area contributed by atoms with Crippen LogP contribution in [0.2, 0.25) is 0 Å². The molecule has 0 saturated carbocycles. The molecule has 1 aliphatic heterocycles. The molecule has 1 fully saturated rings. The van der Waals surface area contributed by atoms with Gasteiger partial charge in [-0.15, -0.1) is 0 Å². The van der Waals surface area contributed by atoms with Crippen molar-refractivity contribution in [3.05, 3.63) is 47.8 Å². The van der Waals surface area contributed by atoms with Gasteiger partial charge < -0.3 is 10.0 Å². The summed E-state index contributed by atoms with van der Waals surface area (Å²) in [6.07, 6.45) is 6.21. The number of hydrogen-bond donors (Lipinski definition) is 1. The molecule has 0 aliphatic carbocycles. The summed E-state index contributed by atoms with van der Waals surface area (Å²) in [5.41, 5.74) is 0.435. The standard InChI is InChI=1S/C17H19F2N3O2/c18-13-4-5-16(15(19)9-13)22-11-12(10-20-22)17(24)21-7-2-1-3-14(21)6-8-23/h4-5,9-11,14,23H,1-3,6-8H2. The second kappa shape index (κ2) is 7.09. The summed E-state index contributed by atoms with van der Waals surface area (Å²) in [5, 5.41) is 13.2. The average molecular weight is 335 g/mol. The second-order valence-electron chi connectivity index (χ2n) is 5.93. The highest BCUT2D eigenvalue weighted by atomic mass is 19.1. The number of nitrogens with zero attached hydrogens (tertiary/aromatic N) is 3. The molecule has 1 saturated heterocycles. The van der Waals surface area contributed by atoms with E-state index in [1.54, 1.807) is 4.90 Å². The molecule has 0 bridgehead atoms. The van der Waals surface area contributed by atoms with E-state index in [4.69, 9.17) is 5.11 Å². The van der Waals surface area contributed by atoms with E-state index >= 15 is 0 Å². The van der Waals surface area contributed by atoms with E-state index in [0.717, 1.165) is 31.4 Å². The number of piperidine rings is 1. The Labute approximate surface area is 138 Å². The lowest BCUT2D eigenvalue weighted by Gasteiger charge is -2.35. The van der Waals surface area contributed by atoms with Gasteiger partial charge in [-0.25, -0.2) is 13.5 Å².